The second kappa shape index (κ2) is 7.75. The second-order valence-electron chi connectivity index (χ2n) is 6.02. The molecular formula is C19H21BrN2O. The normalized spacial score (nSPS) is 16.2. The van der Waals surface area contributed by atoms with E-state index in [0.717, 1.165) is 42.5 Å². The van der Waals surface area contributed by atoms with E-state index in [9.17, 15) is 4.79 Å². The van der Waals surface area contributed by atoms with Crippen LogP contribution in [-0.2, 0) is 6.54 Å². The molecule has 0 atom stereocenters. The lowest BCUT2D eigenvalue weighted by Crippen LogP contribution is -2.44. The number of carbonyl (C=O) groups is 1. The van der Waals surface area contributed by atoms with Crippen molar-refractivity contribution in [1.29, 1.82) is 0 Å². The van der Waals surface area contributed by atoms with Crippen molar-refractivity contribution in [2.75, 3.05) is 13.1 Å². The lowest BCUT2D eigenvalue weighted by molar-refractivity contribution is 0.0909. The molecule has 1 N–H and O–H groups in total. The number of amides is 1. The van der Waals surface area contributed by atoms with E-state index in [-0.39, 0.29) is 11.9 Å². The summed E-state index contributed by atoms with van der Waals surface area (Å²) in [7, 11) is 0. The Morgan fingerprint density at radius 2 is 1.70 bits per heavy atom. The summed E-state index contributed by atoms with van der Waals surface area (Å²) in [5, 5.41) is 3.16. The van der Waals surface area contributed by atoms with E-state index < -0.39 is 0 Å². The van der Waals surface area contributed by atoms with Gasteiger partial charge < -0.3 is 5.32 Å². The first-order valence-electron chi connectivity index (χ1n) is 8.03. The summed E-state index contributed by atoms with van der Waals surface area (Å²) in [6, 6.07) is 18.2. The Hall–Kier alpha value is -1.65. The third-order valence-corrected chi connectivity index (χ3v) is 4.81. The summed E-state index contributed by atoms with van der Waals surface area (Å²) < 4.78 is 1.11. The molecule has 1 saturated heterocycles. The first-order valence-corrected chi connectivity index (χ1v) is 8.83. The standard InChI is InChI=1S/C19H21BrN2O/c20-17-8-6-15(7-9-17)14-22-12-10-18(11-13-22)21-19(23)16-4-2-1-3-5-16/h1-9,18H,10-14H2,(H,21,23). The van der Waals surface area contributed by atoms with E-state index in [0.29, 0.717) is 0 Å². The minimum atomic E-state index is 0.0389. The zero-order valence-corrected chi connectivity index (χ0v) is 14.6. The molecule has 1 aliphatic heterocycles. The molecule has 0 unspecified atom stereocenters. The average Bonchev–Trinajstić information content (AvgIpc) is 2.59. The predicted molar refractivity (Wildman–Crippen MR) is 96.3 cm³/mol. The van der Waals surface area contributed by atoms with Crippen LogP contribution in [0.4, 0.5) is 0 Å². The van der Waals surface area contributed by atoms with Crippen LogP contribution >= 0.6 is 15.9 Å². The number of nitrogens with zero attached hydrogens (tertiary/aromatic N) is 1. The van der Waals surface area contributed by atoms with E-state index >= 15 is 0 Å². The van der Waals surface area contributed by atoms with Gasteiger partial charge in [0.1, 0.15) is 0 Å². The number of likely N-dealkylation sites (tertiary alicyclic amines) is 1. The minimum absolute atomic E-state index is 0.0389. The van der Waals surface area contributed by atoms with Gasteiger partial charge in [-0.1, -0.05) is 46.3 Å². The van der Waals surface area contributed by atoms with Gasteiger partial charge in [0, 0.05) is 35.7 Å². The quantitative estimate of drug-likeness (QED) is 0.883. The molecule has 120 valence electrons. The number of rotatable bonds is 4. The van der Waals surface area contributed by atoms with Crippen LogP contribution in [0.3, 0.4) is 0 Å². The first-order chi connectivity index (χ1) is 11.2. The molecule has 0 bridgehead atoms. The number of benzene rings is 2. The Balaban J connectivity index is 1.47. The van der Waals surface area contributed by atoms with Gasteiger partial charge in [-0.3, -0.25) is 9.69 Å². The van der Waals surface area contributed by atoms with Crippen molar-refractivity contribution < 1.29 is 4.79 Å². The summed E-state index contributed by atoms with van der Waals surface area (Å²) >= 11 is 3.47. The number of hydrogen-bond donors (Lipinski definition) is 1. The van der Waals surface area contributed by atoms with Crippen LogP contribution < -0.4 is 5.32 Å². The second-order valence-corrected chi connectivity index (χ2v) is 6.93. The molecule has 3 rings (SSSR count). The topological polar surface area (TPSA) is 32.3 Å². The highest BCUT2D eigenvalue weighted by Crippen LogP contribution is 2.16. The molecule has 0 radical (unpaired) electrons. The van der Waals surface area contributed by atoms with E-state index in [2.05, 4.69) is 50.4 Å². The molecule has 2 aromatic rings. The molecule has 1 fully saturated rings. The average molecular weight is 373 g/mol. The van der Waals surface area contributed by atoms with Gasteiger partial charge in [-0.25, -0.2) is 0 Å². The maximum atomic E-state index is 12.2. The Morgan fingerprint density at radius 1 is 1.04 bits per heavy atom. The highest BCUT2D eigenvalue weighted by Gasteiger charge is 2.21. The Morgan fingerprint density at radius 3 is 2.35 bits per heavy atom. The van der Waals surface area contributed by atoms with E-state index in [1.165, 1.54) is 5.56 Å². The van der Waals surface area contributed by atoms with Gasteiger partial charge in [0.15, 0.2) is 0 Å². The van der Waals surface area contributed by atoms with Crippen LogP contribution in [0.2, 0.25) is 0 Å². The summed E-state index contributed by atoms with van der Waals surface area (Å²) in [4.78, 5) is 14.6. The maximum absolute atomic E-state index is 12.2. The van der Waals surface area contributed by atoms with Crippen molar-refractivity contribution in [3.8, 4) is 0 Å². The Bertz CT molecular complexity index is 634. The van der Waals surface area contributed by atoms with Gasteiger partial charge in [-0.05, 0) is 42.7 Å². The smallest absolute Gasteiger partial charge is 0.251 e. The third-order valence-electron chi connectivity index (χ3n) is 4.28. The molecule has 0 spiro atoms. The summed E-state index contributed by atoms with van der Waals surface area (Å²) in [5.74, 6) is 0.0389. The van der Waals surface area contributed by atoms with Gasteiger partial charge in [0.25, 0.3) is 5.91 Å². The molecule has 1 amide bonds. The van der Waals surface area contributed by atoms with Crippen molar-refractivity contribution in [3.05, 3.63) is 70.2 Å². The number of nitrogens with one attached hydrogen (secondary N) is 1. The molecular weight excluding hydrogens is 352 g/mol. The molecule has 23 heavy (non-hydrogen) atoms. The monoisotopic (exact) mass is 372 g/mol. The molecule has 2 aromatic carbocycles. The highest BCUT2D eigenvalue weighted by atomic mass is 79.9. The van der Waals surface area contributed by atoms with Crippen molar-refractivity contribution >= 4 is 21.8 Å². The molecule has 3 nitrogen and oxygen atoms in total. The molecule has 1 aliphatic rings. The van der Waals surface area contributed by atoms with Gasteiger partial charge in [0.05, 0.1) is 0 Å². The van der Waals surface area contributed by atoms with Crippen molar-refractivity contribution in [2.45, 2.75) is 25.4 Å². The van der Waals surface area contributed by atoms with Crippen LogP contribution in [0.5, 0.6) is 0 Å². The lowest BCUT2D eigenvalue weighted by atomic mass is 10.0. The Kier molecular flexibility index (Phi) is 5.47. The third kappa shape index (κ3) is 4.66. The number of carbonyl (C=O) groups excluding carboxylic acids is 1. The number of hydrogen-bond acceptors (Lipinski definition) is 2. The largest absolute Gasteiger partial charge is 0.349 e. The zero-order chi connectivity index (χ0) is 16.1. The van der Waals surface area contributed by atoms with Crippen molar-refractivity contribution in [3.63, 3.8) is 0 Å². The fraction of sp³-hybridized carbons (Fsp3) is 0.316. The van der Waals surface area contributed by atoms with Crippen LogP contribution in [0.1, 0.15) is 28.8 Å². The van der Waals surface area contributed by atoms with Crippen LogP contribution in [0.25, 0.3) is 0 Å². The van der Waals surface area contributed by atoms with Crippen LogP contribution in [0, 0.1) is 0 Å². The summed E-state index contributed by atoms with van der Waals surface area (Å²) in [6.45, 7) is 3.03. The van der Waals surface area contributed by atoms with E-state index in [1.54, 1.807) is 0 Å². The van der Waals surface area contributed by atoms with E-state index in [4.69, 9.17) is 0 Å². The maximum Gasteiger partial charge on any atom is 0.251 e. The zero-order valence-electron chi connectivity index (χ0n) is 13.0. The minimum Gasteiger partial charge on any atom is -0.349 e. The fourth-order valence-corrected chi connectivity index (χ4v) is 3.21. The highest BCUT2D eigenvalue weighted by molar-refractivity contribution is 9.10. The van der Waals surface area contributed by atoms with Gasteiger partial charge in [0.2, 0.25) is 0 Å². The Labute approximate surface area is 145 Å². The summed E-state index contributed by atoms with van der Waals surface area (Å²) in [6.07, 6.45) is 2.02. The SMILES string of the molecule is O=C(NC1CCN(Cc2ccc(Br)cc2)CC1)c1ccccc1. The fourth-order valence-electron chi connectivity index (χ4n) is 2.94. The van der Waals surface area contributed by atoms with Gasteiger partial charge in [-0.15, -0.1) is 0 Å². The molecule has 1 heterocycles. The number of piperidine rings is 1. The lowest BCUT2D eigenvalue weighted by Gasteiger charge is -2.32. The summed E-state index contributed by atoms with van der Waals surface area (Å²) in [5.41, 5.74) is 2.07. The van der Waals surface area contributed by atoms with Crippen LogP contribution in [0.15, 0.2) is 59.1 Å². The predicted octanol–water partition coefficient (Wildman–Crippen LogP) is 3.84. The van der Waals surface area contributed by atoms with Crippen molar-refractivity contribution in [2.24, 2.45) is 0 Å². The van der Waals surface area contributed by atoms with Crippen molar-refractivity contribution in [1.82, 2.24) is 10.2 Å². The van der Waals surface area contributed by atoms with Gasteiger partial charge in [-0.2, -0.15) is 0 Å². The molecule has 0 saturated carbocycles. The molecule has 0 aromatic heterocycles. The van der Waals surface area contributed by atoms with Crippen LogP contribution in [-0.4, -0.2) is 29.9 Å². The molecule has 0 aliphatic carbocycles. The first kappa shape index (κ1) is 16.2. The molecule has 4 heteroatoms. The van der Waals surface area contributed by atoms with Gasteiger partial charge >= 0.3 is 0 Å². The van der Waals surface area contributed by atoms with E-state index in [1.807, 2.05) is 30.3 Å². The number of halogens is 1.